The first-order chi connectivity index (χ1) is 9.60. The maximum absolute atomic E-state index is 11.4. The first-order valence-electron chi connectivity index (χ1n) is 6.69. The second-order valence-corrected chi connectivity index (χ2v) is 5.10. The lowest BCUT2D eigenvalue weighted by atomic mass is 10.1. The third kappa shape index (κ3) is 3.57. The second-order valence-electron chi connectivity index (χ2n) is 4.69. The number of benzene rings is 1. The van der Waals surface area contributed by atoms with Gasteiger partial charge in [0.15, 0.2) is 5.11 Å². The molecule has 0 radical (unpaired) electrons. The number of anilines is 1. The van der Waals surface area contributed by atoms with Crippen molar-refractivity contribution in [3.05, 3.63) is 40.2 Å². The quantitative estimate of drug-likeness (QED) is 0.514. The molecule has 0 bridgehead atoms. The molecule has 1 aromatic carbocycles. The maximum Gasteiger partial charge on any atom is 0.336 e. The van der Waals surface area contributed by atoms with E-state index in [0.29, 0.717) is 10.7 Å². The highest BCUT2D eigenvalue weighted by Gasteiger charge is 2.04. The Balaban J connectivity index is 2.15. The van der Waals surface area contributed by atoms with Gasteiger partial charge in [0.05, 0.1) is 0 Å². The normalized spacial score (nSPS) is 10.5. The van der Waals surface area contributed by atoms with Crippen molar-refractivity contribution in [2.45, 2.75) is 26.7 Å². The van der Waals surface area contributed by atoms with Gasteiger partial charge in [-0.05, 0) is 43.3 Å². The molecule has 0 saturated heterocycles. The summed E-state index contributed by atoms with van der Waals surface area (Å²) >= 11 is 5.21. The molecule has 4 nitrogen and oxygen atoms in total. The summed E-state index contributed by atoms with van der Waals surface area (Å²) in [6, 6.07) is 7.12. The van der Waals surface area contributed by atoms with E-state index in [1.165, 1.54) is 6.07 Å². The summed E-state index contributed by atoms with van der Waals surface area (Å²) in [7, 11) is 0. The molecule has 0 aliphatic rings. The summed E-state index contributed by atoms with van der Waals surface area (Å²) in [5.41, 5.74) is 1.94. The molecule has 20 heavy (non-hydrogen) atoms. The van der Waals surface area contributed by atoms with Gasteiger partial charge in [0, 0.05) is 29.8 Å². The highest BCUT2D eigenvalue weighted by atomic mass is 32.1. The zero-order chi connectivity index (χ0) is 14.5. The van der Waals surface area contributed by atoms with Gasteiger partial charge in [-0.3, -0.25) is 0 Å². The monoisotopic (exact) mass is 290 g/mol. The Morgan fingerprint density at radius 1 is 1.35 bits per heavy atom. The minimum Gasteiger partial charge on any atom is -0.423 e. The van der Waals surface area contributed by atoms with Crippen molar-refractivity contribution in [3.63, 3.8) is 0 Å². The van der Waals surface area contributed by atoms with E-state index in [1.807, 2.05) is 19.1 Å². The maximum atomic E-state index is 11.4. The lowest BCUT2D eigenvalue weighted by molar-refractivity contribution is 0.560. The van der Waals surface area contributed by atoms with Crippen LogP contribution in [0.15, 0.2) is 33.5 Å². The summed E-state index contributed by atoms with van der Waals surface area (Å²) in [5.74, 6) is 0. The summed E-state index contributed by atoms with van der Waals surface area (Å²) in [5, 5.41) is 7.73. The van der Waals surface area contributed by atoms with Crippen LogP contribution in [0.5, 0.6) is 0 Å². The largest absolute Gasteiger partial charge is 0.423 e. The molecular formula is C15H18N2O2S. The van der Waals surface area contributed by atoms with Crippen LogP contribution in [0.4, 0.5) is 5.69 Å². The molecule has 5 heteroatoms. The highest BCUT2D eigenvalue weighted by molar-refractivity contribution is 7.80. The van der Waals surface area contributed by atoms with Crippen LogP contribution in [0.2, 0.25) is 0 Å². The van der Waals surface area contributed by atoms with E-state index in [9.17, 15) is 4.79 Å². The van der Waals surface area contributed by atoms with Crippen molar-refractivity contribution in [2.24, 2.45) is 0 Å². The predicted octanol–water partition coefficient (Wildman–Crippen LogP) is 3.19. The zero-order valence-electron chi connectivity index (χ0n) is 11.7. The van der Waals surface area contributed by atoms with Crippen LogP contribution in [0.1, 0.15) is 25.3 Å². The van der Waals surface area contributed by atoms with Gasteiger partial charge in [0.25, 0.3) is 0 Å². The number of fused-ring (bicyclic) bond motifs is 1. The number of rotatable bonds is 4. The standard InChI is InChI=1S/C15H18N2O2S/c1-3-4-7-16-15(20)17-11-5-6-12-10(2)8-14(18)19-13(12)9-11/h5-6,8-9H,3-4,7H2,1-2H3,(H2,16,17,20). The van der Waals surface area contributed by atoms with Crippen LogP contribution in [-0.4, -0.2) is 11.7 Å². The predicted molar refractivity (Wildman–Crippen MR) is 86.4 cm³/mol. The Bertz CT molecular complexity index is 679. The summed E-state index contributed by atoms with van der Waals surface area (Å²) < 4.78 is 5.20. The van der Waals surface area contributed by atoms with E-state index in [0.717, 1.165) is 36.0 Å². The second kappa shape index (κ2) is 6.52. The van der Waals surface area contributed by atoms with E-state index in [1.54, 1.807) is 6.07 Å². The van der Waals surface area contributed by atoms with Crippen LogP contribution >= 0.6 is 12.2 Å². The van der Waals surface area contributed by atoms with Crippen LogP contribution in [0, 0.1) is 6.92 Å². The molecule has 0 unspecified atom stereocenters. The molecule has 1 heterocycles. The first kappa shape index (κ1) is 14.5. The fraction of sp³-hybridized carbons (Fsp3) is 0.333. The van der Waals surface area contributed by atoms with E-state index in [-0.39, 0.29) is 5.63 Å². The van der Waals surface area contributed by atoms with Crippen molar-refractivity contribution in [1.82, 2.24) is 5.32 Å². The first-order valence-corrected chi connectivity index (χ1v) is 7.10. The Morgan fingerprint density at radius 2 is 2.15 bits per heavy atom. The van der Waals surface area contributed by atoms with E-state index >= 15 is 0 Å². The van der Waals surface area contributed by atoms with E-state index in [4.69, 9.17) is 16.6 Å². The average molecular weight is 290 g/mol. The minimum atomic E-state index is -0.337. The highest BCUT2D eigenvalue weighted by Crippen LogP contribution is 2.20. The molecule has 2 rings (SSSR count). The van der Waals surface area contributed by atoms with Gasteiger partial charge in [0.1, 0.15) is 5.58 Å². The van der Waals surface area contributed by atoms with Gasteiger partial charge >= 0.3 is 5.63 Å². The summed E-state index contributed by atoms with van der Waals surface area (Å²) in [4.78, 5) is 11.4. The van der Waals surface area contributed by atoms with Gasteiger partial charge in [-0.15, -0.1) is 0 Å². The molecule has 0 saturated carbocycles. The fourth-order valence-electron chi connectivity index (χ4n) is 1.96. The average Bonchev–Trinajstić information content (AvgIpc) is 2.38. The zero-order valence-corrected chi connectivity index (χ0v) is 12.5. The Labute approximate surface area is 123 Å². The molecule has 0 amide bonds. The van der Waals surface area contributed by atoms with Crippen molar-refractivity contribution < 1.29 is 4.42 Å². The molecule has 1 aromatic heterocycles. The lowest BCUT2D eigenvalue weighted by Crippen LogP contribution is -2.29. The molecule has 0 aliphatic carbocycles. The van der Waals surface area contributed by atoms with Crippen molar-refractivity contribution in [2.75, 3.05) is 11.9 Å². The van der Waals surface area contributed by atoms with Crippen molar-refractivity contribution >= 4 is 34.0 Å². The van der Waals surface area contributed by atoms with Gasteiger partial charge in [-0.1, -0.05) is 13.3 Å². The SMILES string of the molecule is CCCCNC(=S)Nc1ccc2c(C)cc(=O)oc2c1. The van der Waals surface area contributed by atoms with Crippen molar-refractivity contribution in [1.29, 1.82) is 0 Å². The summed E-state index contributed by atoms with van der Waals surface area (Å²) in [6.07, 6.45) is 2.20. The number of hydrogen-bond donors (Lipinski definition) is 2. The number of unbranched alkanes of at least 4 members (excludes halogenated alkanes) is 1. The third-order valence-electron chi connectivity index (χ3n) is 3.03. The third-order valence-corrected chi connectivity index (χ3v) is 3.27. The molecule has 0 spiro atoms. The van der Waals surface area contributed by atoms with Crippen LogP contribution in [0.3, 0.4) is 0 Å². The number of thiocarbonyl (C=S) groups is 1. The molecule has 0 fully saturated rings. The number of hydrogen-bond acceptors (Lipinski definition) is 3. The van der Waals surface area contributed by atoms with Gasteiger partial charge in [-0.25, -0.2) is 4.79 Å². The molecule has 2 N–H and O–H groups in total. The fourth-order valence-corrected chi connectivity index (χ4v) is 2.18. The van der Waals surface area contributed by atoms with Gasteiger partial charge < -0.3 is 15.1 Å². The Morgan fingerprint density at radius 3 is 2.90 bits per heavy atom. The van der Waals surface area contributed by atoms with Crippen LogP contribution in [-0.2, 0) is 0 Å². The van der Waals surface area contributed by atoms with Crippen LogP contribution < -0.4 is 16.3 Å². The molecular weight excluding hydrogens is 272 g/mol. The Hall–Kier alpha value is -1.88. The topological polar surface area (TPSA) is 54.3 Å². The minimum absolute atomic E-state index is 0.337. The smallest absolute Gasteiger partial charge is 0.336 e. The van der Waals surface area contributed by atoms with Gasteiger partial charge in [-0.2, -0.15) is 0 Å². The Kier molecular flexibility index (Phi) is 4.74. The van der Waals surface area contributed by atoms with Crippen LogP contribution in [0.25, 0.3) is 11.0 Å². The molecule has 0 atom stereocenters. The van der Waals surface area contributed by atoms with E-state index in [2.05, 4.69) is 17.6 Å². The lowest BCUT2D eigenvalue weighted by Gasteiger charge is -2.10. The summed E-state index contributed by atoms with van der Waals surface area (Å²) in [6.45, 7) is 4.87. The number of nitrogens with one attached hydrogen (secondary N) is 2. The van der Waals surface area contributed by atoms with Crippen molar-refractivity contribution in [3.8, 4) is 0 Å². The van der Waals surface area contributed by atoms with Gasteiger partial charge in [0.2, 0.25) is 0 Å². The molecule has 106 valence electrons. The number of aryl methyl sites for hydroxylation is 1. The van der Waals surface area contributed by atoms with E-state index < -0.39 is 0 Å². The molecule has 0 aliphatic heterocycles. The molecule has 2 aromatic rings.